The van der Waals surface area contributed by atoms with Crippen molar-refractivity contribution in [1.82, 2.24) is 4.98 Å². The summed E-state index contributed by atoms with van der Waals surface area (Å²) in [5.74, 6) is -1.33. The molecule has 1 amide bonds. The fraction of sp³-hybridized carbons (Fsp3) is 0.0769. The summed E-state index contributed by atoms with van der Waals surface area (Å²) in [6, 6.07) is 4.35. The number of halogens is 1. The second-order valence-electron chi connectivity index (χ2n) is 4.08. The Morgan fingerprint density at radius 3 is 2.81 bits per heavy atom. The zero-order valence-electron chi connectivity index (χ0n) is 11.0. The van der Waals surface area contributed by atoms with E-state index < -0.39 is 22.3 Å². The van der Waals surface area contributed by atoms with Gasteiger partial charge in [0.2, 0.25) is 0 Å². The number of nitrogens with one attached hydrogen (secondary N) is 2. The van der Waals surface area contributed by atoms with Crippen molar-refractivity contribution >= 4 is 23.0 Å². The van der Waals surface area contributed by atoms with Crippen LogP contribution in [0.2, 0.25) is 0 Å². The van der Waals surface area contributed by atoms with E-state index in [9.17, 15) is 19.3 Å². The molecule has 108 valence electrons. The Hall–Kier alpha value is -3.03. The highest BCUT2D eigenvalue weighted by Gasteiger charge is 2.14. The maximum Gasteiger partial charge on any atom is 0.274 e. The van der Waals surface area contributed by atoms with Crippen LogP contribution >= 0.6 is 0 Å². The number of pyridine rings is 1. The number of non-ortho nitro benzene ring substituents is 1. The summed E-state index contributed by atoms with van der Waals surface area (Å²) in [7, 11) is 1.63. The van der Waals surface area contributed by atoms with Crippen LogP contribution in [0, 0.1) is 15.9 Å². The first kappa shape index (κ1) is 14.4. The Labute approximate surface area is 119 Å². The van der Waals surface area contributed by atoms with E-state index in [1.165, 1.54) is 18.5 Å². The molecule has 0 fully saturated rings. The van der Waals surface area contributed by atoms with Crippen molar-refractivity contribution in [1.29, 1.82) is 0 Å². The summed E-state index contributed by atoms with van der Waals surface area (Å²) in [5.41, 5.74) is 0.347. The minimum absolute atomic E-state index is 0.00515. The van der Waals surface area contributed by atoms with Crippen molar-refractivity contribution in [2.24, 2.45) is 0 Å². The van der Waals surface area contributed by atoms with Gasteiger partial charge in [0.15, 0.2) is 0 Å². The van der Waals surface area contributed by atoms with E-state index in [0.717, 1.165) is 18.2 Å². The molecule has 0 atom stereocenters. The Bertz CT molecular complexity index is 706. The van der Waals surface area contributed by atoms with Crippen LogP contribution in [0.5, 0.6) is 0 Å². The number of benzene rings is 1. The van der Waals surface area contributed by atoms with Crippen molar-refractivity contribution < 1.29 is 14.1 Å². The molecular formula is C13H11FN4O3. The molecule has 2 rings (SSSR count). The molecule has 0 radical (unpaired) electrons. The summed E-state index contributed by atoms with van der Waals surface area (Å²) in [5, 5.41) is 15.9. The SMILES string of the molecule is CNc1cnccc1C(=O)Nc1cc(F)cc([N+](=O)[O-])c1. The maximum atomic E-state index is 13.3. The molecule has 0 saturated heterocycles. The van der Waals surface area contributed by atoms with Gasteiger partial charge in [0.05, 0.1) is 34.1 Å². The fourth-order valence-electron chi connectivity index (χ4n) is 1.74. The molecule has 2 N–H and O–H groups in total. The monoisotopic (exact) mass is 290 g/mol. The molecule has 0 aliphatic rings. The van der Waals surface area contributed by atoms with Gasteiger partial charge in [-0.05, 0) is 12.1 Å². The summed E-state index contributed by atoms with van der Waals surface area (Å²) in [6.45, 7) is 0. The van der Waals surface area contributed by atoms with E-state index in [1.807, 2.05) is 0 Å². The molecule has 0 saturated carbocycles. The van der Waals surface area contributed by atoms with Crippen LogP contribution in [0.1, 0.15) is 10.4 Å². The average Bonchev–Trinajstić information content (AvgIpc) is 2.46. The summed E-state index contributed by atoms with van der Waals surface area (Å²) < 4.78 is 13.3. The molecule has 21 heavy (non-hydrogen) atoms. The smallest absolute Gasteiger partial charge is 0.274 e. The highest BCUT2D eigenvalue weighted by Crippen LogP contribution is 2.21. The summed E-state index contributed by atoms with van der Waals surface area (Å²) in [4.78, 5) is 25.9. The predicted octanol–water partition coefficient (Wildman–Crippen LogP) is 2.42. The first-order chi connectivity index (χ1) is 10.0. The molecule has 1 heterocycles. The van der Waals surface area contributed by atoms with E-state index >= 15 is 0 Å². The van der Waals surface area contributed by atoms with Gasteiger partial charge in [-0.1, -0.05) is 0 Å². The number of nitro benzene ring substituents is 1. The van der Waals surface area contributed by atoms with Gasteiger partial charge >= 0.3 is 0 Å². The number of nitro groups is 1. The van der Waals surface area contributed by atoms with Crippen LogP contribution < -0.4 is 10.6 Å². The molecule has 7 nitrogen and oxygen atoms in total. The normalized spacial score (nSPS) is 10.0. The lowest BCUT2D eigenvalue weighted by Crippen LogP contribution is -2.14. The topological polar surface area (TPSA) is 97.2 Å². The second kappa shape index (κ2) is 5.95. The number of aromatic nitrogens is 1. The molecule has 0 bridgehead atoms. The third-order valence-corrected chi connectivity index (χ3v) is 2.69. The number of hydrogen-bond donors (Lipinski definition) is 2. The minimum atomic E-state index is -0.803. The van der Waals surface area contributed by atoms with E-state index in [2.05, 4.69) is 15.6 Å². The summed E-state index contributed by atoms with van der Waals surface area (Å²) in [6.07, 6.45) is 2.90. The molecule has 1 aromatic heterocycles. The highest BCUT2D eigenvalue weighted by atomic mass is 19.1. The van der Waals surface area contributed by atoms with Gasteiger partial charge in [0.1, 0.15) is 5.82 Å². The Balaban J connectivity index is 2.29. The maximum absolute atomic E-state index is 13.3. The predicted molar refractivity (Wildman–Crippen MR) is 74.8 cm³/mol. The number of nitrogens with zero attached hydrogens (tertiary/aromatic N) is 2. The van der Waals surface area contributed by atoms with Crippen molar-refractivity contribution in [2.75, 3.05) is 17.7 Å². The number of carbonyl (C=O) groups is 1. The molecule has 0 unspecified atom stereocenters. The van der Waals surface area contributed by atoms with Crippen LogP contribution in [0.25, 0.3) is 0 Å². The number of hydrogen-bond acceptors (Lipinski definition) is 5. The average molecular weight is 290 g/mol. The number of rotatable bonds is 4. The van der Waals surface area contributed by atoms with Gasteiger partial charge in [-0.2, -0.15) is 0 Å². The Kier molecular flexibility index (Phi) is 4.07. The van der Waals surface area contributed by atoms with Gasteiger partial charge < -0.3 is 10.6 Å². The van der Waals surface area contributed by atoms with Crippen LogP contribution in [-0.2, 0) is 0 Å². The van der Waals surface area contributed by atoms with Gasteiger partial charge in [-0.15, -0.1) is 0 Å². The van der Waals surface area contributed by atoms with Crippen LogP contribution in [0.4, 0.5) is 21.5 Å². The first-order valence-corrected chi connectivity index (χ1v) is 5.89. The summed E-state index contributed by atoms with van der Waals surface area (Å²) >= 11 is 0. The zero-order valence-corrected chi connectivity index (χ0v) is 11.0. The molecule has 0 spiro atoms. The lowest BCUT2D eigenvalue weighted by molar-refractivity contribution is -0.385. The molecule has 0 aliphatic carbocycles. The van der Waals surface area contributed by atoms with Gasteiger partial charge in [0, 0.05) is 19.3 Å². The lowest BCUT2D eigenvalue weighted by atomic mass is 10.2. The Morgan fingerprint density at radius 2 is 2.14 bits per heavy atom. The van der Waals surface area contributed by atoms with Crippen molar-refractivity contribution in [3.05, 3.63) is 58.2 Å². The first-order valence-electron chi connectivity index (χ1n) is 5.89. The highest BCUT2D eigenvalue weighted by molar-refractivity contribution is 6.07. The zero-order chi connectivity index (χ0) is 15.4. The largest absolute Gasteiger partial charge is 0.386 e. The molecule has 8 heteroatoms. The van der Waals surface area contributed by atoms with Crippen molar-refractivity contribution in [2.45, 2.75) is 0 Å². The lowest BCUT2D eigenvalue weighted by Gasteiger charge is -2.09. The number of amides is 1. The third-order valence-electron chi connectivity index (χ3n) is 2.69. The van der Waals surface area contributed by atoms with Gasteiger partial charge in [-0.25, -0.2) is 4.39 Å². The number of anilines is 2. The molecule has 0 aliphatic heterocycles. The molecule has 2 aromatic rings. The Morgan fingerprint density at radius 1 is 1.38 bits per heavy atom. The quantitative estimate of drug-likeness (QED) is 0.665. The fourth-order valence-corrected chi connectivity index (χ4v) is 1.74. The standard InChI is InChI=1S/C13H11FN4O3/c1-15-12-7-16-3-2-11(12)13(19)17-9-4-8(14)5-10(6-9)18(20)21/h2-7,15H,1H3,(H,17,19). The number of carbonyl (C=O) groups excluding carboxylic acids is 1. The van der Waals surface area contributed by atoms with Crippen LogP contribution in [-0.4, -0.2) is 22.9 Å². The second-order valence-corrected chi connectivity index (χ2v) is 4.08. The van der Waals surface area contributed by atoms with E-state index in [4.69, 9.17) is 0 Å². The van der Waals surface area contributed by atoms with Crippen molar-refractivity contribution in [3.8, 4) is 0 Å². The third kappa shape index (κ3) is 3.30. The van der Waals surface area contributed by atoms with Gasteiger partial charge in [-0.3, -0.25) is 19.9 Å². The van der Waals surface area contributed by atoms with Crippen LogP contribution in [0.15, 0.2) is 36.7 Å². The molecule has 1 aromatic carbocycles. The molecular weight excluding hydrogens is 279 g/mol. The van der Waals surface area contributed by atoms with Crippen molar-refractivity contribution in [3.63, 3.8) is 0 Å². The van der Waals surface area contributed by atoms with E-state index in [0.29, 0.717) is 11.3 Å². The van der Waals surface area contributed by atoms with E-state index in [-0.39, 0.29) is 5.69 Å². The minimum Gasteiger partial charge on any atom is -0.386 e. The van der Waals surface area contributed by atoms with Crippen LogP contribution in [0.3, 0.4) is 0 Å². The van der Waals surface area contributed by atoms with E-state index in [1.54, 1.807) is 7.05 Å². The van der Waals surface area contributed by atoms with Gasteiger partial charge in [0.25, 0.3) is 11.6 Å².